The average Bonchev–Trinajstić information content (AvgIpc) is 2.50. The standard InChI is InChI=1S/C19H25NO2/c1-3-4-8-15-10-7-11-17(19(15)22)14-20(2)13-16-9-5-6-12-18(16)21/h5-7,9-12,21-22H,3-4,8,13-14H2,1-2H3. The number of hydrogen-bond donors (Lipinski definition) is 2. The molecule has 0 amide bonds. The van der Waals surface area contributed by atoms with Gasteiger partial charge in [0.15, 0.2) is 0 Å². The topological polar surface area (TPSA) is 43.7 Å². The number of rotatable bonds is 7. The number of phenolic OH excluding ortho intramolecular Hbond substituents is 2. The maximum atomic E-state index is 10.4. The van der Waals surface area contributed by atoms with E-state index in [0.717, 1.165) is 36.0 Å². The zero-order valence-electron chi connectivity index (χ0n) is 13.4. The number of benzene rings is 2. The van der Waals surface area contributed by atoms with Crippen LogP contribution in [0.25, 0.3) is 0 Å². The molecule has 2 aromatic rings. The normalized spacial score (nSPS) is 11.0. The molecule has 0 spiro atoms. The molecule has 0 saturated carbocycles. The third kappa shape index (κ3) is 4.25. The fraction of sp³-hybridized carbons (Fsp3) is 0.368. The molecule has 0 aliphatic heterocycles. The van der Waals surface area contributed by atoms with Crippen LogP contribution in [0.3, 0.4) is 0 Å². The van der Waals surface area contributed by atoms with Crippen LogP contribution in [-0.2, 0) is 19.5 Å². The zero-order chi connectivity index (χ0) is 15.9. The zero-order valence-corrected chi connectivity index (χ0v) is 13.4. The Labute approximate surface area is 132 Å². The Hall–Kier alpha value is -2.00. The van der Waals surface area contributed by atoms with Gasteiger partial charge < -0.3 is 10.2 Å². The summed E-state index contributed by atoms with van der Waals surface area (Å²) in [6, 6.07) is 13.3. The van der Waals surface area contributed by atoms with Gasteiger partial charge in [0.25, 0.3) is 0 Å². The van der Waals surface area contributed by atoms with E-state index < -0.39 is 0 Å². The molecule has 0 aromatic heterocycles. The van der Waals surface area contributed by atoms with Crippen molar-refractivity contribution in [3.8, 4) is 11.5 Å². The summed E-state index contributed by atoms with van der Waals surface area (Å²) in [4.78, 5) is 2.09. The van der Waals surface area contributed by atoms with Crippen molar-refractivity contribution in [2.45, 2.75) is 39.3 Å². The van der Waals surface area contributed by atoms with E-state index in [2.05, 4.69) is 11.8 Å². The van der Waals surface area contributed by atoms with E-state index in [1.165, 1.54) is 0 Å². The highest BCUT2D eigenvalue weighted by molar-refractivity contribution is 5.40. The first-order valence-corrected chi connectivity index (χ1v) is 7.87. The molecule has 0 saturated heterocycles. The molecule has 2 rings (SSSR count). The number of unbranched alkanes of at least 4 members (excludes halogenated alkanes) is 1. The molecule has 0 radical (unpaired) electrons. The fourth-order valence-corrected chi connectivity index (χ4v) is 2.62. The molecule has 0 aliphatic carbocycles. The minimum Gasteiger partial charge on any atom is -0.508 e. The van der Waals surface area contributed by atoms with Crippen LogP contribution in [0.4, 0.5) is 0 Å². The lowest BCUT2D eigenvalue weighted by molar-refractivity contribution is 0.306. The predicted molar refractivity (Wildman–Crippen MR) is 90.0 cm³/mol. The SMILES string of the molecule is CCCCc1cccc(CN(C)Cc2ccccc2O)c1O. The van der Waals surface area contributed by atoms with E-state index in [-0.39, 0.29) is 0 Å². The minimum atomic E-state index is 0.315. The summed E-state index contributed by atoms with van der Waals surface area (Å²) in [5, 5.41) is 20.3. The Bertz CT molecular complexity index is 610. The van der Waals surface area contributed by atoms with Crippen LogP contribution >= 0.6 is 0 Å². The monoisotopic (exact) mass is 299 g/mol. The molecule has 0 atom stereocenters. The molecule has 0 bridgehead atoms. The maximum Gasteiger partial charge on any atom is 0.123 e. The Morgan fingerprint density at radius 1 is 0.864 bits per heavy atom. The van der Waals surface area contributed by atoms with Crippen LogP contribution in [-0.4, -0.2) is 22.2 Å². The summed E-state index contributed by atoms with van der Waals surface area (Å²) in [7, 11) is 1.99. The van der Waals surface area contributed by atoms with Gasteiger partial charge in [-0.25, -0.2) is 0 Å². The molecular formula is C19H25NO2. The van der Waals surface area contributed by atoms with E-state index in [0.29, 0.717) is 24.6 Å². The first kappa shape index (κ1) is 16.4. The number of aryl methyl sites for hydroxylation is 1. The van der Waals surface area contributed by atoms with Crippen LogP contribution in [0.5, 0.6) is 11.5 Å². The number of para-hydroxylation sites is 2. The summed E-state index contributed by atoms with van der Waals surface area (Å²) >= 11 is 0. The lowest BCUT2D eigenvalue weighted by Gasteiger charge is -2.19. The fourth-order valence-electron chi connectivity index (χ4n) is 2.62. The summed E-state index contributed by atoms with van der Waals surface area (Å²) in [5.41, 5.74) is 2.86. The second-order valence-electron chi connectivity index (χ2n) is 5.83. The number of aromatic hydroxyl groups is 2. The van der Waals surface area contributed by atoms with E-state index in [9.17, 15) is 10.2 Å². The Morgan fingerprint density at radius 2 is 1.50 bits per heavy atom. The van der Waals surface area contributed by atoms with Gasteiger partial charge in [0.05, 0.1) is 0 Å². The van der Waals surface area contributed by atoms with Gasteiger partial charge in [0, 0.05) is 24.2 Å². The van der Waals surface area contributed by atoms with Crippen molar-refractivity contribution in [1.29, 1.82) is 0 Å². The van der Waals surface area contributed by atoms with Crippen molar-refractivity contribution in [3.63, 3.8) is 0 Å². The van der Waals surface area contributed by atoms with Gasteiger partial charge in [-0.2, -0.15) is 0 Å². The Kier molecular flexibility index (Phi) is 5.84. The molecule has 0 unspecified atom stereocenters. The summed E-state index contributed by atoms with van der Waals surface area (Å²) in [5.74, 6) is 0.732. The molecule has 2 N–H and O–H groups in total. The van der Waals surface area contributed by atoms with E-state index in [1.807, 2.05) is 43.4 Å². The highest BCUT2D eigenvalue weighted by Gasteiger charge is 2.10. The van der Waals surface area contributed by atoms with Crippen molar-refractivity contribution < 1.29 is 10.2 Å². The van der Waals surface area contributed by atoms with Crippen molar-refractivity contribution in [3.05, 3.63) is 59.2 Å². The predicted octanol–water partition coefficient (Wildman–Crippen LogP) is 4.07. The number of nitrogens with zero attached hydrogens (tertiary/aromatic N) is 1. The summed E-state index contributed by atoms with van der Waals surface area (Å²) in [6.07, 6.45) is 3.13. The molecule has 0 aliphatic rings. The van der Waals surface area contributed by atoms with Gasteiger partial charge in [-0.05, 0) is 31.5 Å². The van der Waals surface area contributed by atoms with E-state index >= 15 is 0 Å². The van der Waals surface area contributed by atoms with Crippen LogP contribution < -0.4 is 0 Å². The maximum absolute atomic E-state index is 10.4. The van der Waals surface area contributed by atoms with E-state index in [4.69, 9.17) is 0 Å². The molecule has 3 nitrogen and oxygen atoms in total. The second kappa shape index (κ2) is 7.85. The molecule has 118 valence electrons. The summed E-state index contributed by atoms with van der Waals surface area (Å²) < 4.78 is 0. The van der Waals surface area contributed by atoms with Gasteiger partial charge >= 0.3 is 0 Å². The highest BCUT2D eigenvalue weighted by Crippen LogP contribution is 2.26. The van der Waals surface area contributed by atoms with Crippen LogP contribution in [0.1, 0.15) is 36.5 Å². The molecular weight excluding hydrogens is 274 g/mol. The molecule has 22 heavy (non-hydrogen) atoms. The minimum absolute atomic E-state index is 0.315. The van der Waals surface area contributed by atoms with Crippen LogP contribution in [0.2, 0.25) is 0 Å². The third-order valence-corrected chi connectivity index (χ3v) is 3.87. The van der Waals surface area contributed by atoms with Gasteiger partial charge in [0.1, 0.15) is 11.5 Å². The molecule has 0 fully saturated rings. The van der Waals surface area contributed by atoms with Gasteiger partial charge in [-0.1, -0.05) is 49.7 Å². The van der Waals surface area contributed by atoms with Crippen molar-refractivity contribution >= 4 is 0 Å². The smallest absolute Gasteiger partial charge is 0.123 e. The van der Waals surface area contributed by atoms with Crippen molar-refractivity contribution in [2.75, 3.05) is 7.05 Å². The summed E-state index contributed by atoms with van der Waals surface area (Å²) in [6.45, 7) is 3.45. The Balaban J connectivity index is 2.05. The number of hydrogen-bond acceptors (Lipinski definition) is 3. The van der Waals surface area contributed by atoms with Crippen LogP contribution in [0, 0.1) is 0 Å². The van der Waals surface area contributed by atoms with Gasteiger partial charge in [-0.15, -0.1) is 0 Å². The third-order valence-electron chi connectivity index (χ3n) is 3.87. The Morgan fingerprint density at radius 3 is 2.23 bits per heavy atom. The second-order valence-corrected chi connectivity index (χ2v) is 5.83. The first-order valence-electron chi connectivity index (χ1n) is 7.87. The lowest BCUT2D eigenvalue weighted by atomic mass is 10.0. The molecule has 2 aromatic carbocycles. The van der Waals surface area contributed by atoms with Gasteiger partial charge in [0.2, 0.25) is 0 Å². The van der Waals surface area contributed by atoms with Crippen LogP contribution in [0.15, 0.2) is 42.5 Å². The molecule has 3 heteroatoms. The van der Waals surface area contributed by atoms with Crippen molar-refractivity contribution in [2.24, 2.45) is 0 Å². The van der Waals surface area contributed by atoms with Gasteiger partial charge in [-0.3, -0.25) is 4.90 Å². The number of phenols is 2. The largest absolute Gasteiger partial charge is 0.508 e. The lowest BCUT2D eigenvalue weighted by Crippen LogP contribution is -2.17. The molecule has 0 heterocycles. The van der Waals surface area contributed by atoms with E-state index in [1.54, 1.807) is 6.07 Å². The first-order chi connectivity index (χ1) is 10.6. The average molecular weight is 299 g/mol. The van der Waals surface area contributed by atoms with Crippen molar-refractivity contribution in [1.82, 2.24) is 4.90 Å². The quantitative estimate of drug-likeness (QED) is 0.810. The highest BCUT2D eigenvalue weighted by atomic mass is 16.3.